The van der Waals surface area contributed by atoms with Crippen LogP contribution in [0.3, 0.4) is 0 Å². The number of H-pyrrole nitrogens is 1. The van der Waals surface area contributed by atoms with Gasteiger partial charge in [-0.15, -0.1) is 0 Å². The zero-order valence-electron chi connectivity index (χ0n) is 17.6. The third kappa shape index (κ3) is 3.36. The Morgan fingerprint density at radius 2 is 2.00 bits per heavy atom. The van der Waals surface area contributed by atoms with E-state index in [1.165, 1.54) is 18.4 Å². The number of hydrogen-bond acceptors (Lipinski definition) is 5. The van der Waals surface area contributed by atoms with Crippen molar-refractivity contribution in [2.75, 3.05) is 29.9 Å². The van der Waals surface area contributed by atoms with Crippen LogP contribution in [0, 0.1) is 0 Å². The summed E-state index contributed by atoms with van der Waals surface area (Å²) in [5.41, 5.74) is 5.11. The first kappa shape index (κ1) is 18.9. The van der Waals surface area contributed by atoms with E-state index in [0.717, 1.165) is 53.5 Å². The van der Waals surface area contributed by atoms with E-state index in [2.05, 4.69) is 26.3 Å². The Labute approximate surface area is 185 Å². The molecule has 0 radical (unpaired) electrons. The van der Waals surface area contributed by atoms with Crippen LogP contribution in [0.2, 0.25) is 0 Å². The molecule has 4 heterocycles. The molecule has 1 fully saturated rings. The Bertz CT molecular complexity index is 1310. The Balaban J connectivity index is 1.22. The Hall–Kier alpha value is -3.87. The fraction of sp³-hybridized carbons (Fsp3) is 0.240. The first-order chi connectivity index (χ1) is 15.7. The average Bonchev–Trinajstić information content (AvgIpc) is 3.59. The summed E-state index contributed by atoms with van der Waals surface area (Å²) in [6.07, 6.45) is 4.96. The lowest BCUT2D eigenvalue weighted by Crippen LogP contribution is -2.19. The molecule has 32 heavy (non-hydrogen) atoms. The molecule has 0 spiro atoms. The van der Waals surface area contributed by atoms with Crippen LogP contribution in [0.25, 0.3) is 22.4 Å². The predicted octanol–water partition coefficient (Wildman–Crippen LogP) is 4.41. The second kappa shape index (κ2) is 7.67. The number of hydrogen-bond donors (Lipinski definition) is 2. The quantitative estimate of drug-likeness (QED) is 0.506. The van der Waals surface area contributed by atoms with E-state index in [1.807, 2.05) is 42.5 Å². The maximum atomic E-state index is 12.7. The van der Waals surface area contributed by atoms with E-state index >= 15 is 0 Å². The van der Waals surface area contributed by atoms with Crippen molar-refractivity contribution in [1.29, 1.82) is 0 Å². The number of fused-ring (bicyclic) bond motifs is 2. The molecule has 2 N–H and O–H groups in total. The monoisotopic (exact) mass is 425 g/mol. The summed E-state index contributed by atoms with van der Waals surface area (Å²) in [5, 5.41) is 2.97. The number of para-hydroxylation sites is 1. The third-order valence-electron chi connectivity index (χ3n) is 6.15. The van der Waals surface area contributed by atoms with Crippen LogP contribution < -0.4 is 15.0 Å². The molecular weight excluding hydrogens is 402 g/mol. The van der Waals surface area contributed by atoms with Gasteiger partial charge in [-0.3, -0.25) is 4.79 Å². The Morgan fingerprint density at radius 3 is 2.84 bits per heavy atom. The minimum absolute atomic E-state index is 0.182. The highest BCUT2D eigenvalue weighted by molar-refractivity contribution is 6.05. The van der Waals surface area contributed by atoms with Crippen molar-refractivity contribution in [2.45, 2.75) is 19.3 Å². The number of aromatic amines is 1. The summed E-state index contributed by atoms with van der Waals surface area (Å²) >= 11 is 0. The van der Waals surface area contributed by atoms with Crippen LogP contribution in [0.1, 0.15) is 28.8 Å². The van der Waals surface area contributed by atoms with Crippen molar-refractivity contribution in [3.63, 3.8) is 0 Å². The first-order valence-corrected chi connectivity index (χ1v) is 11.0. The van der Waals surface area contributed by atoms with E-state index < -0.39 is 0 Å². The first-order valence-electron chi connectivity index (χ1n) is 11.0. The molecule has 0 atom stereocenters. The number of carbonyl (C=O) groups is 1. The van der Waals surface area contributed by atoms with Crippen LogP contribution in [0.4, 0.5) is 11.5 Å². The van der Waals surface area contributed by atoms with E-state index in [4.69, 9.17) is 9.72 Å². The number of nitrogens with one attached hydrogen (secondary N) is 2. The summed E-state index contributed by atoms with van der Waals surface area (Å²) < 4.78 is 5.82. The van der Waals surface area contributed by atoms with Crippen molar-refractivity contribution in [2.24, 2.45) is 0 Å². The second-order valence-corrected chi connectivity index (χ2v) is 8.26. The minimum atomic E-state index is -0.182. The fourth-order valence-corrected chi connectivity index (χ4v) is 4.47. The molecule has 2 aromatic carbocycles. The summed E-state index contributed by atoms with van der Waals surface area (Å²) in [5.74, 6) is 2.43. The summed E-state index contributed by atoms with van der Waals surface area (Å²) in [6.45, 7) is 2.77. The van der Waals surface area contributed by atoms with Gasteiger partial charge in [-0.1, -0.05) is 12.1 Å². The van der Waals surface area contributed by atoms with E-state index in [-0.39, 0.29) is 5.91 Å². The zero-order chi connectivity index (χ0) is 21.5. The van der Waals surface area contributed by atoms with Gasteiger partial charge < -0.3 is 19.9 Å². The number of amides is 1. The molecule has 0 saturated carbocycles. The van der Waals surface area contributed by atoms with Gasteiger partial charge in [-0.05, 0) is 54.8 Å². The molecule has 160 valence electrons. The van der Waals surface area contributed by atoms with Gasteiger partial charge >= 0.3 is 0 Å². The molecule has 0 aliphatic carbocycles. The highest BCUT2D eigenvalue weighted by atomic mass is 16.5. The number of ether oxygens (including phenoxy) is 1. The molecular formula is C25H23N5O2. The average molecular weight is 425 g/mol. The smallest absolute Gasteiger partial charge is 0.257 e. The van der Waals surface area contributed by atoms with Gasteiger partial charge in [0.2, 0.25) is 0 Å². The Kier molecular flexibility index (Phi) is 4.52. The van der Waals surface area contributed by atoms with Crippen molar-refractivity contribution in [3.8, 4) is 17.1 Å². The van der Waals surface area contributed by atoms with Gasteiger partial charge in [0.1, 0.15) is 17.4 Å². The molecule has 7 nitrogen and oxygen atoms in total. The molecule has 4 aromatic rings. The highest BCUT2D eigenvalue weighted by Crippen LogP contribution is 2.36. The second-order valence-electron chi connectivity index (χ2n) is 8.26. The lowest BCUT2D eigenvalue weighted by atomic mass is 10.1. The number of pyridine rings is 1. The number of aromatic nitrogens is 3. The molecule has 2 aliphatic rings. The largest absolute Gasteiger partial charge is 0.492 e. The lowest BCUT2D eigenvalue weighted by Gasteiger charge is -2.16. The summed E-state index contributed by atoms with van der Waals surface area (Å²) in [6, 6.07) is 15.6. The van der Waals surface area contributed by atoms with Gasteiger partial charge in [0, 0.05) is 31.4 Å². The van der Waals surface area contributed by atoms with Gasteiger partial charge in [0.05, 0.1) is 28.8 Å². The van der Waals surface area contributed by atoms with Crippen LogP contribution in [0.5, 0.6) is 5.75 Å². The number of nitrogens with zero attached hydrogens (tertiary/aromatic N) is 3. The predicted molar refractivity (Wildman–Crippen MR) is 124 cm³/mol. The fourth-order valence-electron chi connectivity index (χ4n) is 4.47. The number of carbonyl (C=O) groups excluding carboxylic acids is 1. The highest BCUT2D eigenvalue weighted by Gasteiger charge is 2.19. The van der Waals surface area contributed by atoms with Gasteiger partial charge in [-0.25, -0.2) is 9.97 Å². The molecule has 2 aromatic heterocycles. The SMILES string of the molecule is O=C(Nc1ccc2nc(-c3cccc4c3OCC4)[nH]c2c1)c1ccc(N2CCCC2)nc1. The summed E-state index contributed by atoms with van der Waals surface area (Å²) in [4.78, 5) is 27.6. The molecule has 0 bridgehead atoms. The van der Waals surface area contributed by atoms with E-state index in [9.17, 15) is 4.79 Å². The number of rotatable bonds is 4. The zero-order valence-corrected chi connectivity index (χ0v) is 17.6. The van der Waals surface area contributed by atoms with E-state index in [0.29, 0.717) is 17.9 Å². The molecule has 2 aliphatic heterocycles. The molecule has 1 saturated heterocycles. The number of benzene rings is 2. The standard InChI is InChI=1S/C25H23N5O2/c31-25(17-6-9-22(26-15-17)30-11-1-2-12-30)27-18-7-8-20-21(14-18)29-24(28-20)19-5-3-4-16-10-13-32-23(16)19/h3-9,14-15H,1-2,10-13H2,(H,27,31)(H,28,29). The van der Waals surface area contributed by atoms with Crippen molar-refractivity contribution >= 4 is 28.4 Å². The van der Waals surface area contributed by atoms with Gasteiger partial charge in [0.25, 0.3) is 5.91 Å². The van der Waals surface area contributed by atoms with Crippen LogP contribution in [0.15, 0.2) is 54.7 Å². The van der Waals surface area contributed by atoms with Crippen LogP contribution in [-0.2, 0) is 6.42 Å². The topological polar surface area (TPSA) is 83.1 Å². The van der Waals surface area contributed by atoms with E-state index in [1.54, 1.807) is 6.20 Å². The van der Waals surface area contributed by atoms with Gasteiger partial charge in [-0.2, -0.15) is 0 Å². The maximum absolute atomic E-state index is 12.7. The van der Waals surface area contributed by atoms with Crippen molar-refractivity contribution in [3.05, 3.63) is 65.9 Å². The molecule has 0 unspecified atom stereocenters. The van der Waals surface area contributed by atoms with Gasteiger partial charge in [0.15, 0.2) is 0 Å². The lowest BCUT2D eigenvalue weighted by molar-refractivity contribution is 0.102. The molecule has 6 rings (SSSR count). The normalized spacial score (nSPS) is 15.1. The minimum Gasteiger partial charge on any atom is -0.492 e. The summed E-state index contributed by atoms with van der Waals surface area (Å²) in [7, 11) is 0. The number of anilines is 2. The van der Waals surface area contributed by atoms with Crippen molar-refractivity contribution in [1.82, 2.24) is 15.0 Å². The Morgan fingerprint density at radius 1 is 1.09 bits per heavy atom. The number of imidazole rings is 1. The van der Waals surface area contributed by atoms with Crippen LogP contribution in [-0.4, -0.2) is 40.6 Å². The molecule has 7 heteroatoms. The third-order valence-corrected chi connectivity index (χ3v) is 6.15. The van der Waals surface area contributed by atoms with Crippen LogP contribution >= 0.6 is 0 Å². The maximum Gasteiger partial charge on any atom is 0.257 e. The molecule has 1 amide bonds. The van der Waals surface area contributed by atoms with Crippen molar-refractivity contribution < 1.29 is 9.53 Å².